The Morgan fingerprint density at radius 2 is 1.09 bits per heavy atom. The van der Waals surface area contributed by atoms with Crippen LogP contribution in [0, 0.1) is 0 Å². The molecule has 2 aliphatic rings. The normalized spacial score (nSPS) is 16.8. The Kier molecular flexibility index (Phi) is 23.0. The molecule has 2 saturated heterocycles. The second-order valence-corrected chi connectivity index (χ2v) is 24.6. The maximum absolute atomic E-state index is 15.1. The van der Waals surface area contributed by atoms with Gasteiger partial charge < -0.3 is 93.4 Å². The van der Waals surface area contributed by atoms with Crippen molar-refractivity contribution in [2.24, 2.45) is 5.73 Å². The SMILES string of the molecule is CC(C)(C)OC[C@@H](NC(=O)[C@H](Cc1c[nH]cn1)NC(=O)[C@H](CO)NC(=O)[C@H](Cc1c[nH]c2ccccc12)NC(=O)[C@H](Cc1c[nH]cn1)NC(=O)[C@@H]1CCC(=O)N1)C(=O)N[C@@H](Cc1c[nH]c2ccccc12)C(=O)N[C@@H](Cc1ccc(O)cc1)C(=O)N1CCC[C@H]1C(=O)NCC(N)=O. The molecular weight excluding hydrogens is 1240 g/mol. The summed E-state index contributed by atoms with van der Waals surface area (Å²) in [5, 5.41) is 46.2. The lowest BCUT2D eigenvalue weighted by Gasteiger charge is -2.31. The van der Waals surface area contributed by atoms with Gasteiger partial charge in [0.2, 0.25) is 65.0 Å². The number of H-pyrrole nitrogens is 4. The standard InChI is InChI=1S/C65H79N17O14/c1-65(2,3)96-32-52(62(93)76-46(22-36-26-69-43-11-6-4-9-41(36)43)57(88)79-50(21-35-14-16-40(84)17-15-35)64(95)82-20-8-13-53(82)63(94)71-30-54(66)85)81-60(91)49(25-39-29-68-34-73-39)78-61(92)51(31-83)80-58(89)47(23-37-27-70-44-12-7-5-10-42(37)44)75-59(90)48(24-38-28-67-33-72-38)77-56(87)45-18-19-55(86)74-45/h4-7,9-12,14-17,26-29,33-34,45-53,69-70,83-84H,8,13,18-25,30-32H2,1-3H3,(H2,66,85)(H,67,72)(H,68,73)(H,71,94)(H,74,86)(H,75,90)(H,76,93)(H,77,87)(H,78,92)(H,79,88)(H,80,89)(H,81,91)/t45-,46-,47-,48-,49-,50-,51-,52+,53-/m0/s1. The molecule has 2 fully saturated rings. The molecule has 0 bridgehead atoms. The molecule has 4 aromatic heterocycles. The number of aromatic amines is 4. The molecule has 3 aromatic carbocycles. The first kappa shape index (κ1) is 69.4. The van der Waals surface area contributed by atoms with Gasteiger partial charge in [-0.2, -0.15) is 0 Å². The van der Waals surface area contributed by atoms with Gasteiger partial charge in [0.1, 0.15) is 60.1 Å². The largest absolute Gasteiger partial charge is 0.508 e. The number of aromatic hydroxyl groups is 1. The van der Waals surface area contributed by atoms with E-state index in [0.29, 0.717) is 50.6 Å². The number of nitrogens with zero attached hydrogens (tertiary/aromatic N) is 3. The van der Waals surface area contributed by atoms with E-state index in [1.165, 1.54) is 42.1 Å². The van der Waals surface area contributed by atoms with Gasteiger partial charge in [-0.15, -0.1) is 0 Å². The van der Waals surface area contributed by atoms with Crippen molar-refractivity contribution in [2.45, 2.75) is 139 Å². The van der Waals surface area contributed by atoms with E-state index in [-0.39, 0.29) is 75.3 Å². The van der Waals surface area contributed by atoms with Crippen LogP contribution in [0.3, 0.4) is 0 Å². The van der Waals surface area contributed by atoms with Crippen molar-refractivity contribution in [3.63, 3.8) is 0 Å². The Bertz CT molecular complexity index is 3920. The molecule has 31 heteroatoms. The average molecular weight is 1320 g/mol. The summed E-state index contributed by atoms with van der Waals surface area (Å²) in [4.78, 5) is 176. The van der Waals surface area contributed by atoms with Crippen LogP contribution in [0.25, 0.3) is 21.8 Å². The fourth-order valence-corrected chi connectivity index (χ4v) is 11.4. The maximum Gasteiger partial charge on any atom is 0.246 e. The van der Waals surface area contributed by atoms with Gasteiger partial charge in [0.25, 0.3) is 0 Å². The number of benzene rings is 3. The highest BCUT2D eigenvalue weighted by molar-refractivity contribution is 6.00. The van der Waals surface area contributed by atoms with Gasteiger partial charge in [-0.1, -0.05) is 48.5 Å². The fraction of sp³-hybridized carbons (Fsp3) is 0.400. The Hall–Kier alpha value is -11.0. The first-order chi connectivity index (χ1) is 46.0. The molecule has 508 valence electrons. The number of rotatable bonds is 31. The van der Waals surface area contributed by atoms with Crippen molar-refractivity contribution >= 4 is 86.8 Å². The zero-order chi connectivity index (χ0) is 68.6. The number of phenolic OH excluding ortho intramolecular Hbond substituents is 1. The molecule has 6 heterocycles. The fourth-order valence-electron chi connectivity index (χ4n) is 11.4. The topological polar surface area (TPSA) is 464 Å². The summed E-state index contributed by atoms with van der Waals surface area (Å²) in [6, 6.07) is 7.58. The van der Waals surface area contributed by atoms with E-state index < -0.39 is 139 Å². The van der Waals surface area contributed by atoms with Crippen LogP contribution in [0.4, 0.5) is 0 Å². The number of aromatic nitrogens is 6. The van der Waals surface area contributed by atoms with E-state index in [9.17, 15) is 53.4 Å². The number of nitrogens with two attached hydrogens (primary N) is 1. The predicted octanol–water partition coefficient (Wildman–Crippen LogP) is -1.61. The Morgan fingerprint density at radius 3 is 1.59 bits per heavy atom. The van der Waals surface area contributed by atoms with E-state index in [1.54, 1.807) is 87.8 Å². The first-order valence-electron chi connectivity index (χ1n) is 31.4. The van der Waals surface area contributed by atoms with Gasteiger partial charge in [-0.05, 0) is 81.0 Å². The molecule has 0 aliphatic carbocycles. The number of aliphatic hydroxyl groups is 1. The minimum atomic E-state index is -1.80. The number of amides is 11. The molecule has 17 N–H and O–H groups in total. The summed E-state index contributed by atoms with van der Waals surface area (Å²) in [7, 11) is 0. The van der Waals surface area contributed by atoms with E-state index in [4.69, 9.17) is 10.5 Å². The van der Waals surface area contributed by atoms with Crippen LogP contribution in [0.15, 0.2) is 110 Å². The second-order valence-electron chi connectivity index (χ2n) is 24.6. The molecule has 2 aliphatic heterocycles. The number of carbonyl (C=O) groups is 11. The number of likely N-dealkylation sites (tertiary alicyclic amines) is 1. The number of imidazole rings is 2. The van der Waals surface area contributed by atoms with E-state index in [0.717, 1.165) is 0 Å². The van der Waals surface area contributed by atoms with E-state index >= 15 is 9.59 Å². The highest BCUT2D eigenvalue weighted by atomic mass is 16.5. The molecule has 96 heavy (non-hydrogen) atoms. The van der Waals surface area contributed by atoms with Crippen LogP contribution in [0.1, 0.15) is 74.5 Å². The van der Waals surface area contributed by atoms with Crippen LogP contribution in [-0.4, -0.2) is 196 Å². The second kappa shape index (κ2) is 31.8. The van der Waals surface area contributed by atoms with E-state index in [1.807, 2.05) is 6.07 Å². The number of para-hydroxylation sites is 2. The number of phenols is 1. The van der Waals surface area contributed by atoms with Crippen molar-refractivity contribution in [1.82, 2.24) is 82.7 Å². The lowest BCUT2D eigenvalue weighted by molar-refractivity contribution is -0.142. The predicted molar refractivity (Wildman–Crippen MR) is 345 cm³/mol. The molecule has 9 atom stereocenters. The zero-order valence-corrected chi connectivity index (χ0v) is 53.0. The molecule has 0 radical (unpaired) electrons. The number of ether oxygens (including phenoxy) is 1. The van der Waals surface area contributed by atoms with Gasteiger partial charge >= 0.3 is 0 Å². The van der Waals surface area contributed by atoms with Crippen molar-refractivity contribution in [3.8, 4) is 5.75 Å². The third-order valence-corrected chi connectivity index (χ3v) is 16.4. The van der Waals surface area contributed by atoms with Gasteiger partial charge in [0, 0.05) is 91.7 Å². The Morgan fingerprint density at radius 1 is 0.604 bits per heavy atom. The molecule has 7 aromatic rings. The van der Waals surface area contributed by atoms with Crippen LogP contribution >= 0.6 is 0 Å². The lowest BCUT2D eigenvalue weighted by Crippen LogP contribution is -2.62. The third kappa shape index (κ3) is 18.7. The number of fused-ring (bicyclic) bond motifs is 2. The minimum absolute atomic E-state index is 0.0639. The zero-order valence-electron chi connectivity index (χ0n) is 53.0. The maximum atomic E-state index is 15.1. The lowest BCUT2D eigenvalue weighted by atomic mass is 10.0. The monoisotopic (exact) mass is 1320 g/mol. The molecule has 11 amide bonds. The average Bonchev–Trinajstić information content (AvgIpc) is 1.64. The quantitative estimate of drug-likeness (QED) is 0.0232. The molecule has 0 saturated carbocycles. The van der Waals surface area contributed by atoms with Crippen molar-refractivity contribution < 1.29 is 67.7 Å². The smallest absolute Gasteiger partial charge is 0.246 e. The summed E-state index contributed by atoms with van der Waals surface area (Å²) < 4.78 is 6.11. The van der Waals surface area contributed by atoms with Crippen molar-refractivity contribution in [3.05, 3.63) is 138 Å². The number of hydrogen-bond donors (Lipinski definition) is 16. The molecule has 0 unspecified atom stereocenters. The summed E-state index contributed by atoms with van der Waals surface area (Å²) in [5.74, 6) is -8.83. The van der Waals surface area contributed by atoms with Gasteiger partial charge in [0.15, 0.2) is 0 Å². The number of hydrogen-bond acceptors (Lipinski definition) is 16. The highest BCUT2D eigenvalue weighted by Crippen LogP contribution is 2.24. The first-order valence-corrected chi connectivity index (χ1v) is 31.4. The van der Waals surface area contributed by atoms with Crippen LogP contribution in [0.5, 0.6) is 5.75 Å². The third-order valence-electron chi connectivity index (χ3n) is 16.4. The van der Waals surface area contributed by atoms with Gasteiger partial charge in [0.05, 0.1) is 49.4 Å². The number of primary amides is 1. The summed E-state index contributed by atoms with van der Waals surface area (Å²) in [6.45, 7) is 3.19. The highest BCUT2D eigenvalue weighted by Gasteiger charge is 2.41. The number of aliphatic hydroxyl groups excluding tert-OH is 1. The summed E-state index contributed by atoms with van der Waals surface area (Å²) >= 11 is 0. The molecule has 31 nitrogen and oxygen atoms in total. The number of nitrogens with one attached hydrogen (secondary N) is 13. The molecule has 9 rings (SSSR count). The Balaban J connectivity index is 0.963. The molecule has 0 spiro atoms. The molecular formula is C65H79N17O14. The summed E-state index contributed by atoms with van der Waals surface area (Å²) in [5.41, 5.74) is 8.04. The minimum Gasteiger partial charge on any atom is -0.508 e. The van der Waals surface area contributed by atoms with Gasteiger partial charge in [-0.25, -0.2) is 9.97 Å². The van der Waals surface area contributed by atoms with E-state index in [2.05, 4.69) is 77.8 Å². The van der Waals surface area contributed by atoms with Crippen molar-refractivity contribution in [2.75, 3.05) is 26.3 Å². The van der Waals surface area contributed by atoms with Crippen LogP contribution in [0.2, 0.25) is 0 Å². The van der Waals surface area contributed by atoms with Crippen molar-refractivity contribution in [1.29, 1.82) is 0 Å². The Labute approximate surface area is 549 Å². The van der Waals surface area contributed by atoms with Crippen LogP contribution in [-0.2, 0) is 89.6 Å². The van der Waals surface area contributed by atoms with Crippen LogP contribution < -0.4 is 53.6 Å². The van der Waals surface area contributed by atoms with Gasteiger partial charge in [-0.3, -0.25) is 52.7 Å². The summed E-state index contributed by atoms with van der Waals surface area (Å²) in [6.07, 6.45) is 8.91. The number of carbonyl (C=O) groups excluding carboxylic acids is 11.